The Hall–Kier alpha value is -3.15. The van der Waals surface area contributed by atoms with Crippen LogP contribution < -0.4 is 10.6 Å². The molecule has 0 aliphatic carbocycles. The summed E-state index contributed by atoms with van der Waals surface area (Å²) in [5, 5.41) is 6.51. The molecule has 0 saturated carbocycles. The lowest BCUT2D eigenvalue weighted by Gasteiger charge is -2.10. The van der Waals surface area contributed by atoms with Gasteiger partial charge < -0.3 is 15.2 Å². The molecule has 5 nitrogen and oxygen atoms in total. The summed E-state index contributed by atoms with van der Waals surface area (Å²) < 4.78 is 15.5. The zero-order valence-electron chi connectivity index (χ0n) is 15.4. The third-order valence-corrected chi connectivity index (χ3v) is 4.49. The fourth-order valence-electron chi connectivity index (χ4n) is 3.02. The SMILES string of the molecule is CCn1c(C(=O)NCCNC(=O)c2ccc(C)c(F)c2)cc2ccccc21. The van der Waals surface area contributed by atoms with Crippen molar-refractivity contribution in [3.63, 3.8) is 0 Å². The van der Waals surface area contributed by atoms with Gasteiger partial charge in [0.05, 0.1) is 0 Å². The number of nitrogens with one attached hydrogen (secondary N) is 2. The van der Waals surface area contributed by atoms with Gasteiger partial charge in [-0.05, 0) is 43.7 Å². The summed E-state index contributed by atoms with van der Waals surface area (Å²) in [7, 11) is 0. The van der Waals surface area contributed by atoms with E-state index in [0.717, 1.165) is 10.9 Å². The van der Waals surface area contributed by atoms with E-state index in [9.17, 15) is 14.0 Å². The lowest BCUT2D eigenvalue weighted by atomic mass is 10.1. The van der Waals surface area contributed by atoms with Gasteiger partial charge in [0, 0.05) is 36.1 Å². The molecule has 1 heterocycles. The van der Waals surface area contributed by atoms with Crippen LogP contribution in [0.1, 0.15) is 33.3 Å². The molecule has 6 heteroatoms. The smallest absolute Gasteiger partial charge is 0.268 e. The maximum Gasteiger partial charge on any atom is 0.268 e. The van der Waals surface area contributed by atoms with Crippen molar-refractivity contribution in [1.29, 1.82) is 0 Å². The summed E-state index contributed by atoms with van der Waals surface area (Å²) in [6, 6.07) is 14.1. The molecule has 0 radical (unpaired) electrons. The quantitative estimate of drug-likeness (QED) is 0.657. The van der Waals surface area contributed by atoms with E-state index in [4.69, 9.17) is 0 Å². The van der Waals surface area contributed by atoms with Crippen molar-refractivity contribution in [2.45, 2.75) is 20.4 Å². The number of nitrogens with zero attached hydrogens (tertiary/aromatic N) is 1. The number of aryl methyl sites for hydroxylation is 2. The van der Waals surface area contributed by atoms with Gasteiger partial charge in [0.25, 0.3) is 11.8 Å². The third kappa shape index (κ3) is 4.00. The number of halogens is 1. The van der Waals surface area contributed by atoms with Gasteiger partial charge >= 0.3 is 0 Å². The van der Waals surface area contributed by atoms with Gasteiger partial charge in [0.1, 0.15) is 11.5 Å². The predicted octanol–water partition coefficient (Wildman–Crippen LogP) is 3.27. The summed E-state index contributed by atoms with van der Waals surface area (Å²) in [4.78, 5) is 24.5. The number of para-hydroxylation sites is 1. The Bertz CT molecular complexity index is 994. The van der Waals surface area contributed by atoms with E-state index in [0.29, 0.717) is 17.8 Å². The number of carbonyl (C=O) groups is 2. The summed E-state index contributed by atoms with van der Waals surface area (Å²) in [5.74, 6) is -0.974. The van der Waals surface area contributed by atoms with Gasteiger partial charge in [-0.15, -0.1) is 0 Å². The molecule has 0 saturated heterocycles. The highest BCUT2D eigenvalue weighted by Gasteiger charge is 2.14. The maximum absolute atomic E-state index is 13.5. The molecule has 27 heavy (non-hydrogen) atoms. The highest BCUT2D eigenvalue weighted by molar-refractivity contribution is 5.99. The van der Waals surface area contributed by atoms with Gasteiger partial charge in [0.2, 0.25) is 0 Å². The van der Waals surface area contributed by atoms with Gasteiger partial charge in [-0.25, -0.2) is 4.39 Å². The van der Waals surface area contributed by atoms with Gasteiger partial charge in [-0.3, -0.25) is 9.59 Å². The first kappa shape index (κ1) is 18.6. The second kappa shape index (κ2) is 8.03. The number of carbonyl (C=O) groups excluding carboxylic acids is 2. The van der Waals surface area contributed by atoms with Crippen molar-refractivity contribution in [3.05, 3.63) is 71.2 Å². The monoisotopic (exact) mass is 367 g/mol. The van der Waals surface area contributed by atoms with Crippen LogP contribution in [0.4, 0.5) is 4.39 Å². The fraction of sp³-hybridized carbons (Fsp3) is 0.238. The summed E-state index contributed by atoms with van der Waals surface area (Å²) in [5.41, 5.74) is 2.35. The van der Waals surface area contributed by atoms with E-state index in [1.165, 1.54) is 6.07 Å². The van der Waals surface area contributed by atoms with Crippen LogP contribution in [-0.2, 0) is 6.54 Å². The molecule has 0 fully saturated rings. The Morgan fingerprint density at radius 2 is 1.70 bits per heavy atom. The molecule has 0 atom stereocenters. The minimum atomic E-state index is -0.414. The van der Waals surface area contributed by atoms with E-state index in [1.54, 1.807) is 19.1 Å². The van der Waals surface area contributed by atoms with Crippen LogP contribution in [0.3, 0.4) is 0 Å². The highest BCUT2D eigenvalue weighted by Crippen LogP contribution is 2.19. The standard InChI is InChI=1S/C21H22FN3O2/c1-3-25-18-7-5-4-6-15(18)13-19(25)21(27)24-11-10-23-20(26)16-9-8-14(2)17(22)12-16/h4-9,12-13H,3,10-11H2,1-2H3,(H,23,26)(H,24,27). The Labute approximate surface area is 157 Å². The highest BCUT2D eigenvalue weighted by atomic mass is 19.1. The second-order valence-corrected chi connectivity index (χ2v) is 6.31. The van der Waals surface area contributed by atoms with Crippen LogP contribution in [-0.4, -0.2) is 29.5 Å². The molecule has 0 bridgehead atoms. The van der Waals surface area contributed by atoms with E-state index in [1.807, 2.05) is 41.8 Å². The molecule has 2 N–H and O–H groups in total. The maximum atomic E-state index is 13.5. The molecule has 0 aliphatic rings. The average Bonchev–Trinajstić information content (AvgIpc) is 3.05. The first-order chi connectivity index (χ1) is 13.0. The molecular formula is C21H22FN3O2. The number of hydrogen-bond donors (Lipinski definition) is 2. The van der Waals surface area contributed by atoms with Crippen molar-refractivity contribution in [1.82, 2.24) is 15.2 Å². The number of benzene rings is 2. The van der Waals surface area contributed by atoms with Crippen LogP contribution >= 0.6 is 0 Å². The van der Waals surface area contributed by atoms with Crippen molar-refractivity contribution in [3.8, 4) is 0 Å². The van der Waals surface area contributed by atoms with Crippen LogP contribution in [0.5, 0.6) is 0 Å². The first-order valence-corrected chi connectivity index (χ1v) is 8.92. The van der Waals surface area contributed by atoms with Crippen molar-refractivity contribution in [2.75, 3.05) is 13.1 Å². The number of rotatable bonds is 6. The molecular weight excluding hydrogens is 345 g/mol. The molecule has 0 unspecified atom stereocenters. The van der Waals surface area contributed by atoms with Crippen LogP contribution in [0.25, 0.3) is 10.9 Å². The predicted molar refractivity (Wildman–Crippen MR) is 103 cm³/mol. The summed E-state index contributed by atoms with van der Waals surface area (Å²) in [6.45, 7) is 4.86. The Balaban J connectivity index is 1.57. The molecule has 2 amide bonds. The minimum absolute atomic E-state index is 0.191. The molecule has 0 aliphatic heterocycles. The number of fused-ring (bicyclic) bond motifs is 1. The number of amides is 2. The van der Waals surface area contributed by atoms with Crippen molar-refractivity contribution in [2.24, 2.45) is 0 Å². The zero-order chi connectivity index (χ0) is 19.4. The molecule has 140 valence electrons. The van der Waals surface area contributed by atoms with E-state index in [2.05, 4.69) is 10.6 Å². The summed E-state index contributed by atoms with van der Waals surface area (Å²) in [6.07, 6.45) is 0. The van der Waals surface area contributed by atoms with Gasteiger partial charge in [-0.1, -0.05) is 24.3 Å². The largest absolute Gasteiger partial charge is 0.350 e. The second-order valence-electron chi connectivity index (χ2n) is 6.31. The van der Waals surface area contributed by atoms with Crippen molar-refractivity contribution >= 4 is 22.7 Å². The minimum Gasteiger partial charge on any atom is -0.350 e. The fourth-order valence-corrected chi connectivity index (χ4v) is 3.02. The number of hydrogen-bond acceptors (Lipinski definition) is 2. The van der Waals surface area contributed by atoms with Crippen LogP contribution in [0, 0.1) is 12.7 Å². The van der Waals surface area contributed by atoms with E-state index < -0.39 is 5.82 Å². The van der Waals surface area contributed by atoms with Gasteiger partial charge in [-0.2, -0.15) is 0 Å². The van der Waals surface area contributed by atoms with Gasteiger partial charge in [0.15, 0.2) is 0 Å². The lowest BCUT2D eigenvalue weighted by Crippen LogP contribution is -2.35. The Morgan fingerprint density at radius 1 is 1.00 bits per heavy atom. The first-order valence-electron chi connectivity index (χ1n) is 8.92. The van der Waals surface area contributed by atoms with E-state index >= 15 is 0 Å². The molecule has 2 aromatic carbocycles. The molecule has 1 aromatic heterocycles. The third-order valence-electron chi connectivity index (χ3n) is 4.49. The molecule has 3 rings (SSSR count). The topological polar surface area (TPSA) is 63.1 Å². The average molecular weight is 367 g/mol. The molecule has 0 spiro atoms. The Kier molecular flexibility index (Phi) is 5.54. The zero-order valence-corrected chi connectivity index (χ0v) is 15.4. The Morgan fingerprint density at radius 3 is 2.41 bits per heavy atom. The van der Waals surface area contributed by atoms with E-state index in [-0.39, 0.29) is 30.5 Å². The van der Waals surface area contributed by atoms with Crippen LogP contribution in [0.15, 0.2) is 48.5 Å². The van der Waals surface area contributed by atoms with Crippen LogP contribution in [0.2, 0.25) is 0 Å². The number of aromatic nitrogens is 1. The normalized spacial score (nSPS) is 10.8. The molecule has 3 aromatic rings. The van der Waals surface area contributed by atoms with Crippen molar-refractivity contribution < 1.29 is 14.0 Å². The summed E-state index contributed by atoms with van der Waals surface area (Å²) >= 11 is 0. The lowest BCUT2D eigenvalue weighted by molar-refractivity contribution is 0.0923.